The first kappa shape index (κ1) is 14.2. The van der Waals surface area contributed by atoms with Crippen molar-refractivity contribution in [3.05, 3.63) is 66.4 Å². The molecule has 0 radical (unpaired) electrons. The molecule has 0 fully saturated rings. The van der Waals surface area contributed by atoms with Crippen LogP contribution in [0.3, 0.4) is 0 Å². The zero-order valence-corrected chi connectivity index (χ0v) is 12.3. The average molecular weight is 267 g/mol. The summed E-state index contributed by atoms with van der Waals surface area (Å²) in [7, 11) is 1.70. The monoisotopic (exact) mass is 267 g/mol. The first-order valence-electron chi connectivity index (χ1n) is 7.03. The van der Waals surface area contributed by atoms with Crippen LogP contribution >= 0.6 is 0 Å². The van der Waals surface area contributed by atoms with E-state index in [1.807, 2.05) is 26.0 Å². The molecule has 2 heteroatoms. The molecule has 0 atom stereocenters. The molecule has 3 aromatic rings. The lowest BCUT2D eigenvalue weighted by atomic mass is 10.2. The lowest BCUT2D eigenvalue weighted by Gasteiger charge is -2.06. The summed E-state index contributed by atoms with van der Waals surface area (Å²) in [6.07, 6.45) is 2.12. The van der Waals surface area contributed by atoms with E-state index in [1.165, 1.54) is 16.5 Å². The highest BCUT2D eigenvalue weighted by Crippen LogP contribution is 2.22. The van der Waals surface area contributed by atoms with E-state index in [4.69, 9.17) is 4.74 Å². The lowest BCUT2D eigenvalue weighted by molar-refractivity contribution is 0.415. The number of nitrogens with zero attached hydrogens (tertiary/aromatic N) is 1. The number of ether oxygens (including phenoxy) is 1. The van der Waals surface area contributed by atoms with Crippen molar-refractivity contribution in [3.8, 4) is 5.75 Å². The minimum absolute atomic E-state index is 0.899. The van der Waals surface area contributed by atoms with Crippen LogP contribution in [0.15, 0.2) is 60.8 Å². The fraction of sp³-hybridized carbons (Fsp3) is 0.222. The smallest absolute Gasteiger partial charge is 0.119 e. The summed E-state index contributed by atoms with van der Waals surface area (Å²) in [6, 6.07) is 18.8. The highest BCUT2D eigenvalue weighted by Gasteiger charge is 2.02. The van der Waals surface area contributed by atoms with Gasteiger partial charge in [0.25, 0.3) is 0 Å². The number of hydrogen-bond donors (Lipinski definition) is 0. The van der Waals surface area contributed by atoms with Crippen molar-refractivity contribution in [2.75, 3.05) is 7.11 Å². The predicted octanol–water partition coefficient (Wildman–Crippen LogP) is 4.72. The average Bonchev–Trinajstić information content (AvgIpc) is 2.92. The molecule has 0 amide bonds. The summed E-state index contributed by atoms with van der Waals surface area (Å²) >= 11 is 0. The van der Waals surface area contributed by atoms with Crippen LogP contribution in [-0.4, -0.2) is 11.7 Å². The SMILES string of the molecule is CC.COc1ccc2c(ccn2Cc2ccccc2)c1. The van der Waals surface area contributed by atoms with Gasteiger partial charge < -0.3 is 9.30 Å². The standard InChI is InChI=1S/C16H15NO.C2H6/c1-18-15-7-8-16-14(11-15)9-10-17(16)12-13-5-3-2-4-6-13;1-2/h2-11H,12H2,1H3;1-2H3. The third-order valence-corrected chi connectivity index (χ3v) is 3.17. The minimum Gasteiger partial charge on any atom is -0.497 e. The molecule has 0 unspecified atom stereocenters. The minimum atomic E-state index is 0.899. The van der Waals surface area contributed by atoms with Crippen molar-refractivity contribution in [1.82, 2.24) is 4.57 Å². The highest BCUT2D eigenvalue weighted by molar-refractivity contribution is 5.81. The van der Waals surface area contributed by atoms with Gasteiger partial charge in [-0.15, -0.1) is 0 Å². The molecule has 104 valence electrons. The van der Waals surface area contributed by atoms with E-state index >= 15 is 0 Å². The molecule has 0 N–H and O–H groups in total. The zero-order valence-electron chi connectivity index (χ0n) is 12.3. The van der Waals surface area contributed by atoms with Gasteiger partial charge in [-0.3, -0.25) is 0 Å². The van der Waals surface area contributed by atoms with Crippen LogP contribution in [0.5, 0.6) is 5.75 Å². The van der Waals surface area contributed by atoms with Gasteiger partial charge in [-0.2, -0.15) is 0 Å². The first-order chi connectivity index (χ1) is 9.86. The Bertz CT molecular complexity index is 655. The van der Waals surface area contributed by atoms with Gasteiger partial charge in [0.05, 0.1) is 7.11 Å². The maximum Gasteiger partial charge on any atom is 0.119 e. The zero-order chi connectivity index (χ0) is 14.4. The van der Waals surface area contributed by atoms with E-state index in [0.717, 1.165) is 12.3 Å². The van der Waals surface area contributed by atoms with E-state index in [1.54, 1.807) is 7.11 Å². The molecule has 2 nitrogen and oxygen atoms in total. The van der Waals surface area contributed by atoms with Crippen LogP contribution < -0.4 is 4.74 Å². The first-order valence-corrected chi connectivity index (χ1v) is 7.03. The van der Waals surface area contributed by atoms with E-state index in [0.29, 0.717) is 0 Å². The predicted molar refractivity (Wildman–Crippen MR) is 85.4 cm³/mol. The number of rotatable bonds is 3. The second kappa shape index (κ2) is 6.80. The Morgan fingerprint density at radius 2 is 1.70 bits per heavy atom. The number of methoxy groups -OCH3 is 1. The molecule has 0 bridgehead atoms. The summed E-state index contributed by atoms with van der Waals surface area (Å²) in [4.78, 5) is 0. The third-order valence-electron chi connectivity index (χ3n) is 3.17. The largest absolute Gasteiger partial charge is 0.497 e. The van der Waals surface area contributed by atoms with Crippen LogP contribution in [0.2, 0.25) is 0 Å². The van der Waals surface area contributed by atoms with Crippen molar-refractivity contribution >= 4 is 10.9 Å². The Balaban J connectivity index is 0.000000704. The van der Waals surface area contributed by atoms with Gasteiger partial charge in [-0.1, -0.05) is 44.2 Å². The summed E-state index contributed by atoms with van der Waals surface area (Å²) in [6.45, 7) is 4.90. The van der Waals surface area contributed by atoms with E-state index in [-0.39, 0.29) is 0 Å². The summed E-state index contributed by atoms with van der Waals surface area (Å²) in [5.74, 6) is 0.903. The van der Waals surface area contributed by atoms with E-state index in [9.17, 15) is 0 Å². The summed E-state index contributed by atoms with van der Waals surface area (Å²) in [5.41, 5.74) is 2.55. The molecule has 0 aliphatic heterocycles. The molecular weight excluding hydrogens is 246 g/mol. The number of hydrogen-bond acceptors (Lipinski definition) is 1. The van der Waals surface area contributed by atoms with Gasteiger partial charge in [0.1, 0.15) is 5.75 Å². The van der Waals surface area contributed by atoms with Crippen molar-refractivity contribution in [2.45, 2.75) is 20.4 Å². The Labute approximate surface area is 120 Å². The molecule has 0 aliphatic rings. The molecule has 0 saturated heterocycles. The molecule has 3 rings (SSSR count). The number of aromatic nitrogens is 1. The van der Waals surface area contributed by atoms with Crippen LogP contribution in [0.4, 0.5) is 0 Å². The van der Waals surface area contributed by atoms with Gasteiger partial charge in [-0.05, 0) is 29.8 Å². The fourth-order valence-corrected chi connectivity index (χ4v) is 2.22. The summed E-state index contributed by atoms with van der Waals surface area (Å²) < 4.78 is 7.49. The van der Waals surface area contributed by atoms with Gasteiger partial charge in [-0.25, -0.2) is 0 Å². The molecule has 1 heterocycles. The van der Waals surface area contributed by atoms with Crippen molar-refractivity contribution in [1.29, 1.82) is 0 Å². The van der Waals surface area contributed by atoms with Crippen LogP contribution in [0.25, 0.3) is 10.9 Å². The Hall–Kier alpha value is -2.22. The molecule has 0 spiro atoms. The molecule has 0 aliphatic carbocycles. The maximum atomic E-state index is 5.24. The van der Waals surface area contributed by atoms with Gasteiger partial charge in [0, 0.05) is 23.6 Å². The molecule has 0 saturated carbocycles. The van der Waals surface area contributed by atoms with Crippen molar-refractivity contribution < 1.29 is 4.74 Å². The second-order valence-electron chi connectivity index (χ2n) is 4.35. The van der Waals surface area contributed by atoms with Crippen molar-refractivity contribution in [3.63, 3.8) is 0 Å². The topological polar surface area (TPSA) is 14.2 Å². The quantitative estimate of drug-likeness (QED) is 0.669. The van der Waals surface area contributed by atoms with E-state index < -0.39 is 0 Å². The van der Waals surface area contributed by atoms with Crippen molar-refractivity contribution in [2.24, 2.45) is 0 Å². The van der Waals surface area contributed by atoms with Crippen LogP contribution in [-0.2, 0) is 6.54 Å². The summed E-state index contributed by atoms with van der Waals surface area (Å²) in [5, 5.41) is 1.21. The van der Waals surface area contributed by atoms with Crippen LogP contribution in [0.1, 0.15) is 19.4 Å². The highest BCUT2D eigenvalue weighted by atomic mass is 16.5. The molecule has 2 aromatic carbocycles. The fourth-order valence-electron chi connectivity index (χ4n) is 2.22. The van der Waals surface area contributed by atoms with Crippen LogP contribution in [0, 0.1) is 0 Å². The molecule has 20 heavy (non-hydrogen) atoms. The molecule has 1 aromatic heterocycles. The number of benzene rings is 2. The molecular formula is C18H21NO. The normalized spacial score (nSPS) is 9.95. The lowest BCUT2D eigenvalue weighted by Crippen LogP contribution is -1.97. The van der Waals surface area contributed by atoms with Gasteiger partial charge >= 0.3 is 0 Å². The third kappa shape index (κ3) is 3.02. The van der Waals surface area contributed by atoms with E-state index in [2.05, 4.69) is 53.2 Å². The van der Waals surface area contributed by atoms with Gasteiger partial charge in [0.2, 0.25) is 0 Å². The Morgan fingerprint density at radius 3 is 2.40 bits per heavy atom. The maximum absolute atomic E-state index is 5.24. The Morgan fingerprint density at radius 1 is 0.950 bits per heavy atom. The second-order valence-corrected chi connectivity index (χ2v) is 4.35. The Kier molecular flexibility index (Phi) is 4.83. The van der Waals surface area contributed by atoms with Gasteiger partial charge in [0.15, 0.2) is 0 Å². The number of fused-ring (bicyclic) bond motifs is 1.